The van der Waals surface area contributed by atoms with Gasteiger partial charge in [-0.05, 0) is 18.5 Å². The molecule has 13 heavy (non-hydrogen) atoms. The molecule has 1 aromatic rings. The fourth-order valence-electron chi connectivity index (χ4n) is 0.851. The lowest BCUT2D eigenvalue weighted by atomic mass is 10.3. The quantitative estimate of drug-likeness (QED) is 0.572. The van der Waals surface area contributed by atoms with Gasteiger partial charge in [0.2, 0.25) is 5.28 Å². The van der Waals surface area contributed by atoms with Gasteiger partial charge in [0.1, 0.15) is 0 Å². The Bertz CT molecular complexity index is 324. The lowest BCUT2D eigenvalue weighted by molar-refractivity contribution is 1.09. The van der Waals surface area contributed by atoms with Crippen LogP contribution in [-0.2, 0) is 0 Å². The fourth-order valence-corrected chi connectivity index (χ4v) is 1.06. The molecule has 0 saturated carbocycles. The van der Waals surface area contributed by atoms with Gasteiger partial charge in [-0.1, -0.05) is 6.08 Å². The van der Waals surface area contributed by atoms with Crippen molar-refractivity contribution in [2.24, 2.45) is 0 Å². The van der Waals surface area contributed by atoms with Crippen LogP contribution in [0.4, 0.5) is 11.5 Å². The van der Waals surface area contributed by atoms with Crippen LogP contribution in [-0.4, -0.2) is 16.5 Å². The molecule has 0 bridgehead atoms. The van der Waals surface area contributed by atoms with Gasteiger partial charge in [-0.2, -0.15) is 4.98 Å². The summed E-state index contributed by atoms with van der Waals surface area (Å²) in [5, 5.41) is 3.16. The summed E-state index contributed by atoms with van der Waals surface area (Å²) in [5.41, 5.74) is 6.90. The molecule has 0 fully saturated rings. The molecule has 1 aromatic heterocycles. The van der Waals surface area contributed by atoms with Gasteiger partial charge in [-0.25, -0.2) is 4.98 Å². The maximum absolute atomic E-state index is 5.71. The molecule has 5 heteroatoms. The number of aromatic nitrogens is 2. The van der Waals surface area contributed by atoms with Gasteiger partial charge in [0, 0.05) is 6.54 Å². The number of anilines is 2. The summed E-state index contributed by atoms with van der Waals surface area (Å²) in [4.78, 5) is 7.85. The molecule has 0 saturated heterocycles. The lowest BCUT2D eigenvalue weighted by Crippen LogP contribution is -2.07. The van der Waals surface area contributed by atoms with E-state index in [1.807, 2.05) is 0 Å². The first-order chi connectivity index (χ1) is 6.15. The van der Waals surface area contributed by atoms with Gasteiger partial charge in [0.25, 0.3) is 0 Å². The van der Waals surface area contributed by atoms with E-state index in [1.54, 1.807) is 13.0 Å². The Hall–Kier alpha value is -1.29. The Morgan fingerprint density at radius 1 is 1.62 bits per heavy atom. The van der Waals surface area contributed by atoms with Gasteiger partial charge in [-0.3, -0.25) is 0 Å². The van der Waals surface area contributed by atoms with Crippen molar-refractivity contribution in [3.05, 3.63) is 23.6 Å². The van der Waals surface area contributed by atoms with Crippen LogP contribution in [0, 0.1) is 6.92 Å². The number of aryl methyl sites for hydroxylation is 1. The molecule has 0 unspecified atom stereocenters. The maximum Gasteiger partial charge on any atom is 0.224 e. The Kier molecular flexibility index (Phi) is 3.08. The first kappa shape index (κ1) is 9.80. The van der Waals surface area contributed by atoms with Crippen molar-refractivity contribution in [1.29, 1.82) is 0 Å². The van der Waals surface area contributed by atoms with E-state index in [4.69, 9.17) is 17.3 Å². The molecule has 3 N–H and O–H groups in total. The number of nitrogens with zero attached hydrogens (tertiary/aromatic N) is 2. The third kappa shape index (κ3) is 2.32. The molecule has 1 rings (SSSR count). The molecule has 4 nitrogen and oxygen atoms in total. The average molecular weight is 199 g/mol. The third-order valence-corrected chi connectivity index (χ3v) is 1.69. The van der Waals surface area contributed by atoms with Crippen LogP contribution in [0.5, 0.6) is 0 Å². The van der Waals surface area contributed by atoms with Crippen molar-refractivity contribution in [3.8, 4) is 0 Å². The standard InChI is InChI=1S/C8H11ClN4/c1-3-4-11-7-6(10)5(2)12-8(9)13-7/h3H,1,4,10H2,2H3,(H,11,12,13). The van der Waals surface area contributed by atoms with E-state index < -0.39 is 0 Å². The molecule has 0 aliphatic carbocycles. The smallest absolute Gasteiger partial charge is 0.224 e. The Morgan fingerprint density at radius 3 is 2.92 bits per heavy atom. The SMILES string of the molecule is C=CCNc1nc(Cl)nc(C)c1N. The van der Waals surface area contributed by atoms with Gasteiger partial charge in [-0.15, -0.1) is 6.58 Å². The normalized spacial score (nSPS) is 9.69. The minimum absolute atomic E-state index is 0.193. The average Bonchev–Trinajstić information content (AvgIpc) is 2.09. The monoisotopic (exact) mass is 198 g/mol. The van der Waals surface area contributed by atoms with Crippen molar-refractivity contribution in [2.45, 2.75) is 6.92 Å². The summed E-state index contributed by atoms with van der Waals surface area (Å²) in [7, 11) is 0. The highest BCUT2D eigenvalue weighted by Gasteiger charge is 2.05. The Labute approximate surface area is 81.8 Å². The molecular weight excluding hydrogens is 188 g/mol. The van der Waals surface area contributed by atoms with Crippen molar-refractivity contribution in [1.82, 2.24) is 9.97 Å². The zero-order chi connectivity index (χ0) is 9.84. The van der Waals surface area contributed by atoms with Crippen LogP contribution < -0.4 is 11.1 Å². The molecule has 0 amide bonds. The second-order valence-corrected chi connectivity index (χ2v) is 2.85. The summed E-state index contributed by atoms with van der Waals surface area (Å²) in [6, 6.07) is 0. The molecule has 1 heterocycles. The van der Waals surface area contributed by atoms with Crippen LogP contribution in [0.3, 0.4) is 0 Å². The molecule has 0 radical (unpaired) electrons. The second-order valence-electron chi connectivity index (χ2n) is 2.51. The molecule has 0 aliphatic rings. The highest BCUT2D eigenvalue weighted by atomic mass is 35.5. The Morgan fingerprint density at radius 2 is 2.31 bits per heavy atom. The zero-order valence-corrected chi connectivity index (χ0v) is 8.10. The van der Waals surface area contributed by atoms with E-state index >= 15 is 0 Å². The summed E-state index contributed by atoms with van der Waals surface area (Å²) in [6.45, 7) is 5.94. The first-order valence-electron chi connectivity index (χ1n) is 3.79. The van der Waals surface area contributed by atoms with Crippen LogP contribution in [0.25, 0.3) is 0 Å². The number of nitrogens with one attached hydrogen (secondary N) is 1. The molecular formula is C8H11ClN4. The maximum atomic E-state index is 5.71. The van der Waals surface area contributed by atoms with Crippen molar-refractivity contribution < 1.29 is 0 Å². The summed E-state index contributed by atoms with van der Waals surface area (Å²) in [5.74, 6) is 0.553. The third-order valence-electron chi connectivity index (χ3n) is 1.52. The first-order valence-corrected chi connectivity index (χ1v) is 4.17. The van der Waals surface area contributed by atoms with Gasteiger partial charge in [0.15, 0.2) is 5.82 Å². The van der Waals surface area contributed by atoms with Crippen molar-refractivity contribution in [3.63, 3.8) is 0 Å². The summed E-state index contributed by atoms with van der Waals surface area (Å²) < 4.78 is 0. The van der Waals surface area contributed by atoms with E-state index in [2.05, 4.69) is 21.9 Å². The molecule has 70 valence electrons. The molecule has 0 aliphatic heterocycles. The van der Waals surface area contributed by atoms with E-state index in [-0.39, 0.29) is 5.28 Å². The van der Waals surface area contributed by atoms with Crippen LogP contribution in [0.1, 0.15) is 5.69 Å². The second kappa shape index (κ2) is 4.09. The highest BCUT2D eigenvalue weighted by Crippen LogP contribution is 2.19. The van der Waals surface area contributed by atoms with Crippen molar-refractivity contribution >= 4 is 23.1 Å². The largest absolute Gasteiger partial charge is 0.394 e. The van der Waals surface area contributed by atoms with E-state index in [0.717, 1.165) is 0 Å². The topological polar surface area (TPSA) is 63.8 Å². The van der Waals surface area contributed by atoms with E-state index in [1.165, 1.54) is 0 Å². The van der Waals surface area contributed by atoms with Gasteiger partial charge < -0.3 is 11.1 Å². The molecule has 0 spiro atoms. The van der Waals surface area contributed by atoms with E-state index in [0.29, 0.717) is 23.7 Å². The predicted molar refractivity (Wildman–Crippen MR) is 54.9 cm³/mol. The Balaban J connectivity index is 2.98. The summed E-state index contributed by atoms with van der Waals surface area (Å²) in [6.07, 6.45) is 1.71. The lowest BCUT2D eigenvalue weighted by Gasteiger charge is -2.07. The number of hydrogen-bond acceptors (Lipinski definition) is 4. The number of rotatable bonds is 3. The fraction of sp³-hybridized carbons (Fsp3) is 0.250. The number of nitrogens with two attached hydrogens (primary N) is 1. The van der Waals surface area contributed by atoms with Crippen molar-refractivity contribution in [2.75, 3.05) is 17.6 Å². The summed E-state index contributed by atoms with van der Waals surface area (Å²) >= 11 is 5.66. The van der Waals surface area contributed by atoms with Crippen LogP contribution >= 0.6 is 11.6 Å². The zero-order valence-electron chi connectivity index (χ0n) is 7.34. The highest BCUT2D eigenvalue weighted by molar-refractivity contribution is 6.28. The number of hydrogen-bond donors (Lipinski definition) is 2. The van der Waals surface area contributed by atoms with E-state index in [9.17, 15) is 0 Å². The minimum atomic E-state index is 0.193. The number of halogens is 1. The van der Waals surface area contributed by atoms with Gasteiger partial charge in [0.05, 0.1) is 11.4 Å². The number of nitrogen functional groups attached to an aromatic ring is 1. The predicted octanol–water partition coefficient (Wildman–Crippen LogP) is 1.62. The van der Waals surface area contributed by atoms with Crippen LogP contribution in [0.15, 0.2) is 12.7 Å². The molecule has 0 atom stereocenters. The van der Waals surface area contributed by atoms with Gasteiger partial charge >= 0.3 is 0 Å². The molecule has 0 aromatic carbocycles. The minimum Gasteiger partial charge on any atom is -0.394 e. The van der Waals surface area contributed by atoms with Crippen LogP contribution in [0.2, 0.25) is 5.28 Å².